The van der Waals surface area contributed by atoms with Gasteiger partial charge in [-0.3, -0.25) is 5.32 Å². The lowest BCUT2D eigenvalue weighted by atomic mass is 10.2. The molecule has 24 heavy (non-hydrogen) atoms. The number of nitrogens with zero attached hydrogens (tertiary/aromatic N) is 1. The molecule has 2 N–H and O–H groups in total. The van der Waals surface area contributed by atoms with Crippen LogP contribution in [0.2, 0.25) is 0 Å². The molecule has 5 nitrogen and oxygen atoms in total. The van der Waals surface area contributed by atoms with Crippen LogP contribution in [0.25, 0.3) is 0 Å². The van der Waals surface area contributed by atoms with Crippen LogP contribution in [0, 0.1) is 18.8 Å². The molecule has 0 saturated carbocycles. The molecule has 1 aromatic rings. The van der Waals surface area contributed by atoms with Crippen molar-refractivity contribution in [3.8, 4) is 11.8 Å². The van der Waals surface area contributed by atoms with Crippen LogP contribution in [-0.2, 0) is 4.74 Å². The molecule has 0 aliphatic carbocycles. The molecule has 0 saturated heterocycles. The monoisotopic (exact) mass is 345 g/mol. The Bertz CT molecular complexity index is 678. The number of urea groups is 1. The molecule has 0 aromatic carbocycles. The molecule has 0 aliphatic heterocycles. The van der Waals surface area contributed by atoms with Gasteiger partial charge in [0.25, 0.3) is 0 Å². The lowest BCUT2D eigenvalue weighted by Crippen LogP contribution is -2.29. The summed E-state index contributed by atoms with van der Waals surface area (Å²) in [5.41, 5.74) is 1.69. The number of anilines is 1. The van der Waals surface area contributed by atoms with Gasteiger partial charge in [0, 0.05) is 25.8 Å². The molecule has 2 amide bonds. The van der Waals surface area contributed by atoms with Crippen molar-refractivity contribution in [3.05, 3.63) is 47.0 Å². The Morgan fingerprint density at radius 1 is 1.50 bits per heavy atom. The minimum atomic E-state index is -0.276. The number of carbonyl (C=O) groups excluding carboxylic acids is 1. The Morgan fingerprint density at radius 2 is 2.29 bits per heavy atom. The maximum absolute atomic E-state index is 11.8. The van der Waals surface area contributed by atoms with Gasteiger partial charge >= 0.3 is 6.03 Å². The van der Waals surface area contributed by atoms with Gasteiger partial charge in [-0.1, -0.05) is 42.1 Å². The number of methoxy groups -OCH3 is 1. The number of carbonyl (C=O) groups is 1. The molecule has 0 unspecified atom stereocenters. The lowest BCUT2D eigenvalue weighted by Gasteiger charge is -2.04. The largest absolute Gasteiger partial charge is 0.385 e. The van der Waals surface area contributed by atoms with E-state index in [-0.39, 0.29) is 6.03 Å². The summed E-state index contributed by atoms with van der Waals surface area (Å²) >= 11 is 1.36. The van der Waals surface area contributed by atoms with E-state index in [9.17, 15) is 4.79 Å². The van der Waals surface area contributed by atoms with E-state index in [2.05, 4.69) is 34.0 Å². The van der Waals surface area contributed by atoms with E-state index in [0.29, 0.717) is 18.3 Å². The number of amides is 2. The van der Waals surface area contributed by atoms with Crippen LogP contribution in [-0.4, -0.2) is 31.3 Å². The normalized spacial score (nSPS) is 11.0. The predicted molar refractivity (Wildman–Crippen MR) is 100 cm³/mol. The third-order valence-electron chi connectivity index (χ3n) is 2.87. The summed E-state index contributed by atoms with van der Waals surface area (Å²) < 4.78 is 4.93. The molecule has 0 spiro atoms. The summed E-state index contributed by atoms with van der Waals surface area (Å²) in [6, 6.07) is -0.276. The van der Waals surface area contributed by atoms with Crippen molar-refractivity contribution in [1.82, 2.24) is 10.3 Å². The van der Waals surface area contributed by atoms with Crippen molar-refractivity contribution in [2.24, 2.45) is 0 Å². The van der Waals surface area contributed by atoms with Gasteiger partial charge < -0.3 is 10.1 Å². The van der Waals surface area contributed by atoms with E-state index >= 15 is 0 Å². The van der Waals surface area contributed by atoms with Crippen molar-refractivity contribution in [2.75, 3.05) is 25.6 Å². The topological polar surface area (TPSA) is 63.2 Å². The molecule has 1 rings (SSSR count). The second-order valence-corrected chi connectivity index (χ2v) is 5.75. The molecular weight excluding hydrogens is 322 g/mol. The second-order valence-electron chi connectivity index (χ2n) is 4.75. The van der Waals surface area contributed by atoms with Gasteiger partial charge in [0.05, 0.1) is 5.69 Å². The highest BCUT2D eigenvalue weighted by Gasteiger charge is 2.08. The molecule has 0 radical (unpaired) electrons. The average molecular weight is 345 g/mol. The first kappa shape index (κ1) is 19.7. The van der Waals surface area contributed by atoms with Crippen molar-refractivity contribution < 1.29 is 9.53 Å². The fourth-order valence-corrected chi connectivity index (χ4v) is 2.45. The second kappa shape index (κ2) is 11.2. The van der Waals surface area contributed by atoms with Crippen molar-refractivity contribution in [2.45, 2.75) is 20.3 Å². The van der Waals surface area contributed by atoms with Crippen molar-refractivity contribution in [3.63, 3.8) is 0 Å². The smallest absolute Gasteiger partial charge is 0.321 e. The summed E-state index contributed by atoms with van der Waals surface area (Å²) in [4.78, 5) is 16.9. The van der Waals surface area contributed by atoms with E-state index in [4.69, 9.17) is 4.74 Å². The van der Waals surface area contributed by atoms with E-state index in [0.717, 1.165) is 22.6 Å². The average Bonchev–Trinajstić information content (AvgIpc) is 2.91. The molecule has 0 fully saturated rings. The number of hydrogen-bond acceptors (Lipinski definition) is 4. The summed E-state index contributed by atoms with van der Waals surface area (Å²) in [5.74, 6) is 6.17. The molecule has 0 aliphatic rings. The maximum Gasteiger partial charge on any atom is 0.321 e. The molecule has 0 bridgehead atoms. The highest BCUT2D eigenvalue weighted by molar-refractivity contribution is 7.16. The highest BCUT2D eigenvalue weighted by Crippen LogP contribution is 2.21. The van der Waals surface area contributed by atoms with Gasteiger partial charge in [0.2, 0.25) is 0 Å². The highest BCUT2D eigenvalue weighted by atomic mass is 32.1. The predicted octanol–water partition coefficient (Wildman–Crippen LogP) is 3.65. The Kier molecular flexibility index (Phi) is 9.20. The molecule has 1 aromatic heterocycles. The molecule has 6 heteroatoms. The fraction of sp³-hybridized carbons (Fsp3) is 0.333. The zero-order valence-corrected chi connectivity index (χ0v) is 15.1. The van der Waals surface area contributed by atoms with Crippen LogP contribution in [0.3, 0.4) is 0 Å². The SMILES string of the molecule is C=C/C=C\C(C#Cc1sc(NC(=O)NCCCOC)nc1C)=C/C. The van der Waals surface area contributed by atoms with E-state index in [1.807, 2.05) is 32.1 Å². The van der Waals surface area contributed by atoms with Crippen LogP contribution < -0.4 is 10.6 Å². The number of aryl methyl sites for hydroxylation is 1. The zero-order valence-electron chi connectivity index (χ0n) is 14.3. The first-order valence-corrected chi connectivity index (χ1v) is 8.41. The van der Waals surface area contributed by atoms with Gasteiger partial charge in [-0.15, -0.1) is 0 Å². The maximum atomic E-state index is 11.8. The van der Waals surface area contributed by atoms with Gasteiger partial charge in [-0.05, 0) is 32.3 Å². The molecule has 1 heterocycles. The van der Waals surface area contributed by atoms with Crippen LogP contribution in [0.5, 0.6) is 0 Å². The van der Waals surface area contributed by atoms with Gasteiger partial charge in [0.15, 0.2) is 5.13 Å². The standard InChI is InChI=1S/C18H23N3O2S/c1-5-7-9-15(6-2)10-11-16-14(3)20-18(24-16)21-17(22)19-12-8-13-23-4/h5-7,9H,1,8,12-13H2,2-4H3,(H2,19,20,21,22)/b9-7-,15-6+. The third-order valence-corrected chi connectivity index (χ3v) is 3.86. The number of ether oxygens (including phenoxy) is 1. The summed E-state index contributed by atoms with van der Waals surface area (Å²) in [6.07, 6.45) is 8.13. The van der Waals surface area contributed by atoms with E-state index < -0.39 is 0 Å². The Labute approximate surface area is 147 Å². The molecule has 0 atom stereocenters. The Hall–Kier alpha value is -2.36. The van der Waals surface area contributed by atoms with Crippen LogP contribution in [0.4, 0.5) is 9.93 Å². The first-order chi connectivity index (χ1) is 11.6. The summed E-state index contributed by atoms with van der Waals surface area (Å²) in [7, 11) is 1.63. The number of allylic oxidation sites excluding steroid dienone is 5. The minimum absolute atomic E-state index is 0.276. The minimum Gasteiger partial charge on any atom is -0.385 e. The Balaban J connectivity index is 2.67. The zero-order chi connectivity index (χ0) is 17.8. The quantitative estimate of drug-likeness (QED) is 0.450. The van der Waals surface area contributed by atoms with Crippen molar-refractivity contribution in [1.29, 1.82) is 0 Å². The van der Waals surface area contributed by atoms with E-state index in [1.54, 1.807) is 13.2 Å². The van der Waals surface area contributed by atoms with Crippen molar-refractivity contribution >= 4 is 22.5 Å². The van der Waals surface area contributed by atoms with Crippen LogP contribution in [0.1, 0.15) is 23.9 Å². The first-order valence-electron chi connectivity index (χ1n) is 7.59. The summed E-state index contributed by atoms with van der Waals surface area (Å²) in [5, 5.41) is 6.01. The number of nitrogens with one attached hydrogen (secondary N) is 2. The van der Waals surface area contributed by atoms with Gasteiger partial charge in [0.1, 0.15) is 4.88 Å². The van der Waals surface area contributed by atoms with Gasteiger partial charge in [-0.25, -0.2) is 9.78 Å². The third kappa shape index (κ3) is 7.27. The molecular formula is C18H23N3O2S. The summed E-state index contributed by atoms with van der Waals surface area (Å²) in [6.45, 7) is 8.61. The number of thiazole rings is 1. The van der Waals surface area contributed by atoms with Crippen LogP contribution >= 0.6 is 11.3 Å². The fourth-order valence-electron chi connectivity index (χ4n) is 1.64. The number of aromatic nitrogens is 1. The molecule has 128 valence electrons. The van der Waals surface area contributed by atoms with E-state index in [1.165, 1.54) is 11.3 Å². The number of hydrogen-bond donors (Lipinski definition) is 2. The van der Waals surface area contributed by atoms with Crippen LogP contribution in [0.15, 0.2) is 36.5 Å². The number of rotatable bonds is 7. The van der Waals surface area contributed by atoms with Gasteiger partial charge in [-0.2, -0.15) is 0 Å². The Morgan fingerprint density at radius 3 is 2.96 bits per heavy atom. The lowest BCUT2D eigenvalue weighted by molar-refractivity contribution is 0.194.